The van der Waals surface area contributed by atoms with Crippen molar-refractivity contribution in [3.63, 3.8) is 0 Å². The molecular weight excluding hydrogens is 354 g/mol. The van der Waals surface area contributed by atoms with E-state index in [1.54, 1.807) is 0 Å². The number of H-pyrrole nitrogens is 1. The largest absolute Gasteiger partial charge is 0.494 e. The van der Waals surface area contributed by atoms with Gasteiger partial charge in [-0.2, -0.15) is 0 Å². The topological polar surface area (TPSA) is 70.2 Å². The molecular formula is C19H19NO3S2. The van der Waals surface area contributed by atoms with Crippen LogP contribution in [0.25, 0.3) is 0 Å². The molecule has 2 N–H and O–H groups in total. The highest BCUT2D eigenvalue weighted by Crippen LogP contribution is 2.21. The Morgan fingerprint density at radius 3 is 2.36 bits per heavy atom. The van der Waals surface area contributed by atoms with E-state index in [1.165, 1.54) is 5.56 Å². The summed E-state index contributed by atoms with van der Waals surface area (Å²) in [6.45, 7) is 0. The molecule has 0 radical (unpaired) electrons. The minimum absolute atomic E-state index is 0.0661. The highest BCUT2D eigenvalue weighted by atomic mass is 32.2. The molecule has 0 amide bonds. The fraction of sp³-hybridized carbons (Fsp3) is 0.211. The Bertz CT molecular complexity index is 898. The van der Waals surface area contributed by atoms with E-state index in [9.17, 15) is 14.1 Å². The molecule has 0 spiro atoms. The quantitative estimate of drug-likeness (QED) is 0.666. The maximum atomic E-state index is 12.4. The normalized spacial score (nSPS) is 12.2. The average molecular weight is 373 g/mol. The lowest BCUT2D eigenvalue weighted by molar-refractivity contribution is 0.451. The van der Waals surface area contributed by atoms with Gasteiger partial charge in [0.1, 0.15) is 0 Å². The van der Waals surface area contributed by atoms with Crippen LogP contribution in [0.4, 0.5) is 0 Å². The van der Waals surface area contributed by atoms with E-state index >= 15 is 0 Å². The molecule has 2 aromatic carbocycles. The first-order chi connectivity index (χ1) is 12.1. The SMILES string of the molecule is O=c1[nH]c(O)c(Cc2ccc(S(=O)CCCc3ccccc3)cc2)s1. The van der Waals surface area contributed by atoms with Crippen LogP contribution >= 0.6 is 11.3 Å². The molecule has 1 heterocycles. The van der Waals surface area contributed by atoms with E-state index in [1.807, 2.05) is 42.5 Å². The summed E-state index contributed by atoms with van der Waals surface area (Å²) in [7, 11) is -1.02. The zero-order valence-electron chi connectivity index (χ0n) is 13.6. The van der Waals surface area contributed by atoms with Crippen LogP contribution in [0, 0.1) is 0 Å². The first-order valence-electron chi connectivity index (χ1n) is 8.04. The van der Waals surface area contributed by atoms with Crippen LogP contribution in [0.15, 0.2) is 64.3 Å². The van der Waals surface area contributed by atoms with E-state index in [0.717, 1.165) is 34.6 Å². The predicted molar refractivity (Wildman–Crippen MR) is 102 cm³/mol. The van der Waals surface area contributed by atoms with Gasteiger partial charge in [-0.1, -0.05) is 53.8 Å². The first kappa shape index (κ1) is 17.6. The summed E-state index contributed by atoms with van der Waals surface area (Å²) in [6, 6.07) is 17.7. The summed E-state index contributed by atoms with van der Waals surface area (Å²) in [5.74, 6) is 0.567. The van der Waals surface area contributed by atoms with Gasteiger partial charge in [0.05, 0.1) is 15.7 Å². The molecule has 25 heavy (non-hydrogen) atoms. The number of benzene rings is 2. The number of hydrogen-bond acceptors (Lipinski definition) is 4. The molecule has 3 aromatic rings. The monoisotopic (exact) mass is 373 g/mol. The highest BCUT2D eigenvalue weighted by Gasteiger charge is 2.09. The lowest BCUT2D eigenvalue weighted by Gasteiger charge is -2.05. The Morgan fingerprint density at radius 2 is 1.72 bits per heavy atom. The van der Waals surface area contributed by atoms with Gasteiger partial charge in [0.2, 0.25) is 5.88 Å². The van der Waals surface area contributed by atoms with Crippen LogP contribution in [-0.4, -0.2) is 20.1 Å². The van der Waals surface area contributed by atoms with Gasteiger partial charge in [-0.3, -0.25) is 14.0 Å². The Labute approximate surface area is 152 Å². The Morgan fingerprint density at radius 1 is 1.00 bits per heavy atom. The number of hydrogen-bond donors (Lipinski definition) is 2. The summed E-state index contributed by atoms with van der Waals surface area (Å²) in [6.07, 6.45) is 2.29. The van der Waals surface area contributed by atoms with Gasteiger partial charge < -0.3 is 5.11 Å². The predicted octanol–water partition coefficient (Wildman–Crippen LogP) is 3.47. The van der Waals surface area contributed by atoms with Gasteiger partial charge in [0.25, 0.3) is 0 Å². The Kier molecular flexibility index (Phi) is 5.83. The number of aromatic nitrogens is 1. The molecule has 1 atom stereocenters. The molecule has 0 saturated heterocycles. The molecule has 0 aliphatic heterocycles. The molecule has 1 aromatic heterocycles. The third-order valence-corrected chi connectivity index (χ3v) is 6.22. The van der Waals surface area contributed by atoms with Crippen molar-refractivity contribution < 1.29 is 9.32 Å². The molecule has 0 aliphatic carbocycles. The smallest absolute Gasteiger partial charge is 0.307 e. The van der Waals surface area contributed by atoms with Crippen LogP contribution < -0.4 is 4.87 Å². The van der Waals surface area contributed by atoms with E-state index in [0.29, 0.717) is 17.1 Å². The maximum absolute atomic E-state index is 12.4. The van der Waals surface area contributed by atoms with Crippen LogP contribution in [0.3, 0.4) is 0 Å². The minimum Gasteiger partial charge on any atom is -0.494 e. The summed E-state index contributed by atoms with van der Waals surface area (Å²) in [5, 5.41) is 9.63. The molecule has 0 bridgehead atoms. The Hall–Kier alpha value is -2.18. The molecule has 130 valence electrons. The van der Waals surface area contributed by atoms with Crippen molar-refractivity contribution in [3.05, 3.63) is 80.3 Å². The molecule has 4 nitrogen and oxygen atoms in total. The molecule has 1 unspecified atom stereocenters. The van der Waals surface area contributed by atoms with E-state index < -0.39 is 10.8 Å². The van der Waals surface area contributed by atoms with Crippen molar-refractivity contribution in [2.45, 2.75) is 24.2 Å². The van der Waals surface area contributed by atoms with Gasteiger partial charge in [-0.15, -0.1) is 0 Å². The fourth-order valence-electron chi connectivity index (χ4n) is 2.59. The van der Waals surface area contributed by atoms with E-state index in [-0.39, 0.29) is 10.8 Å². The third kappa shape index (κ3) is 4.90. The summed E-state index contributed by atoms with van der Waals surface area (Å²) in [4.78, 5) is 14.7. The van der Waals surface area contributed by atoms with Crippen molar-refractivity contribution in [2.75, 3.05) is 5.75 Å². The lowest BCUT2D eigenvalue weighted by atomic mass is 10.1. The van der Waals surface area contributed by atoms with Crippen LogP contribution in [0.2, 0.25) is 0 Å². The second kappa shape index (κ2) is 8.27. The van der Waals surface area contributed by atoms with Gasteiger partial charge in [-0.05, 0) is 36.1 Å². The lowest BCUT2D eigenvalue weighted by Crippen LogP contribution is -2.00. The van der Waals surface area contributed by atoms with Crippen molar-refractivity contribution in [1.29, 1.82) is 0 Å². The third-order valence-electron chi connectivity index (χ3n) is 3.89. The molecule has 0 saturated carbocycles. The van der Waals surface area contributed by atoms with E-state index in [4.69, 9.17) is 0 Å². The summed E-state index contributed by atoms with van der Waals surface area (Å²) < 4.78 is 12.4. The molecule has 3 rings (SSSR count). The second-order valence-corrected chi connectivity index (χ2v) is 8.38. The second-order valence-electron chi connectivity index (χ2n) is 5.75. The Balaban J connectivity index is 1.55. The van der Waals surface area contributed by atoms with Gasteiger partial charge in [-0.25, -0.2) is 0 Å². The fourth-order valence-corrected chi connectivity index (χ4v) is 4.43. The zero-order chi connectivity index (χ0) is 17.6. The number of aromatic amines is 1. The zero-order valence-corrected chi connectivity index (χ0v) is 15.2. The number of aryl methyl sites for hydroxylation is 1. The first-order valence-corrected chi connectivity index (χ1v) is 10.2. The number of thiazole rings is 1. The number of rotatable bonds is 7. The number of nitrogens with one attached hydrogen (secondary N) is 1. The van der Waals surface area contributed by atoms with Crippen molar-refractivity contribution in [1.82, 2.24) is 4.98 Å². The standard InChI is InChI=1S/C19H19NO3S2/c21-18-17(24-19(22)20-18)13-15-8-10-16(11-9-15)25(23)12-4-7-14-5-2-1-3-6-14/h1-3,5-6,8-11,21H,4,7,12-13H2,(H,20,22). The average Bonchev–Trinajstić information content (AvgIpc) is 2.93. The van der Waals surface area contributed by atoms with Gasteiger partial charge in [0.15, 0.2) is 0 Å². The van der Waals surface area contributed by atoms with Crippen LogP contribution in [0.5, 0.6) is 5.88 Å². The van der Waals surface area contributed by atoms with Crippen molar-refractivity contribution >= 4 is 22.1 Å². The summed E-state index contributed by atoms with van der Waals surface area (Å²) >= 11 is 1.01. The highest BCUT2D eigenvalue weighted by molar-refractivity contribution is 7.85. The van der Waals surface area contributed by atoms with Gasteiger partial charge >= 0.3 is 4.87 Å². The van der Waals surface area contributed by atoms with Gasteiger partial charge in [0, 0.05) is 17.1 Å². The minimum atomic E-state index is -1.02. The number of aromatic hydroxyl groups is 1. The maximum Gasteiger partial charge on any atom is 0.307 e. The van der Waals surface area contributed by atoms with Crippen LogP contribution in [-0.2, 0) is 23.6 Å². The summed E-state index contributed by atoms with van der Waals surface area (Å²) in [5.41, 5.74) is 2.23. The molecule has 0 aliphatic rings. The van der Waals surface area contributed by atoms with E-state index in [2.05, 4.69) is 17.1 Å². The van der Waals surface area contributed by atoms with Crippen molar-refractivity contribution in [3.8, 4) is 5.88 Å². The molecule has 6 heteroatoms. The molecule has 0 fully saturated rings. The van der Waals surface area contributed by atoms with Crippen molar-refractivity contribution in [2.24, 2.45) is 0 Å². The van der Waals surface area contributed by atoms with Crippen LogP contribution in [0.1, 0.15) is 22.4 Å².